The van der Waals surface area contributed by atoms with E-state index in [1.165, 1.54) is 15.9 Å². The quantitative estimate of drug-likeness (QED) is 0.206. The van der Waals surface area contributed by atoms with Crippen molar-refractivity contribution in [3.8, 4) is 0 Å². The Bertz CT molecular complexity index is 814. The molecule has 0 spiro atoms. The number of benzene rings is 3. The van der Waals surface area contributed by atoms with Gasteiger partial charge < -0.3 is 25.2 Å². The highest BCUT2D eigenvalue weighted by Crippen LogP contribution is 2.55. The first-order valence-corrected chi connectivity index (χ1v) is 12.0. The second kappa shape index (κ2) is 11.7. The third-order valence-corrected chi connectivity index (χ3v) is 9.25. The number of unbranched alkanes of at least 4 members (excludes halogenated alkanes) is 1. The minimum atomic E-state index is -4.00. The fourth-order valence-corrected chi connectivity index (χ4v) is 7.92. The van der Waals surface area contributed by atoms with Crippen molar-refractivity contribution in [2.24, 2.45) is 0 Å². The molecule has 0 aliphatic rings. The Morgan fingerprint density at radius 2 is 0.968 bits per heavy atom. The molecule has 0 fully saturated rings. The number of carboxylic acids is 1. The van der Waals surface area contributed by atoms with Crippen LogP contribution in [0, 0.1) is 0 Å². The Hall–Kier alpha value is -2.54. The molecule has 0 saturated heterocycles. The topological polar surface area (TPSA) is 118 Å². The zero-order valence-corrected chi connectivity index (χ0v) is 18.1. The Morgan fingerprint density at radius 1 is 0.645 bits per heavy atom. The number of rotatable bonds is 8. The maximum atomic E-state index is 10.9. The molecule has 0 unspecified atom stereocenters. The second-order valence-corrected chi connectivity index (χ2v) is 10.7. The summed E-state index contributed by atoms with van der Waals surface area (Å²) in [5, 5.41) is 42.1. The van der Waals surface area contributed by atoms with Gasteiger partial charge >= 0.3 is 12.9 Å². The van der Waals surface area contributed by atoms with Crippen LogP contribution in [0.25, 0.3) is 0 Å². The third kappa shape index (κ3) is 7.91. The monoisotopic (exact) mass is 442 g/mol. The van der Waals surface area contributed by atoms with Gasteiger partial charge in [0.15, 0.2) is 0 Å². The molecular formula is C23H28BO6P. The summed E-state index contributed by atoms with van der Waals surface area (Å²) in [6.07, 6.45) is 2.83. The van der Waals surface area contributed by atoms with Gasteiger partial charge in [0.25, 0.3) is 0 Å². The average molecular weight is 442 g/mol. The molecule has 5 N–H and O–H groups in total. The van der Waals surface area contributed by atoms with Crippen molar-refractivity contribution in [3.63, 3.8) is 0 Å². The molecule has 0 aliphatic carbocycles. The summed E-state index contributed by atoms with van der Waals surface area (Å²) >= 11 is 0. The maximum absolute atomic E-state index is 10.9. The molecule has 3 aromatic rings. The van der Waals surface area contributed by atoms with E-state index < -0.39 is 20.2 Å². The van der Waals surface area contributed by atoms with Gasteiger partial charge in [0.05, 0.1) is 6.16 Å². The third-order valence-electron chi connectivity index (χ3n) is 4.73. The van der Waals surface area contributed by atoms with Gasteiger partial charge in [-0.3, -0.25) is 4.79 Å². The highest BCUT2D eigenvalue weighted by Gasteiger charge is 2.44. The van der Waals surface area contributed by atoms with Gasteiger partial charge in [0, 0.05) is 6.42 Å². The van der Waals surface area contributed by atoms with Crippen molar-refractivity contribution in [2.75, 3.05) is 6.16 Å². The number of carboxylic acid groups (broad SMARTS) is 1. The molecule has 0 atom stereocenters. The number of carbonyl (C=O) groups is 1. The van der Waals surface area contributed by atoms with Gasteiger partial charge in [-0.2, -0.15) is 0 Å². The molecule has 0 amide bonds. The van der Waals surface area contributed by atoms with Crippen molar-refractivity contribution in [1.82, 2.24) is 0 Å². The van der Waals surface area contributed by atoms with Crippen LogP contribution < -0.4 is 15.9 Å². The highest BCUT2D eigenvalue weighted by atomic mass is 31.2. The van der Waals surface area contributed by atoms with Gasteiger partial charge in [-0.25, -0.2) is 0 Å². The standard InChI is InChI=1S/C23H23O2P.BH4O4/c24-23(25)18-10-11-19-26(20-12-4-1-5-13-20,21-14-6-2-7-15-21)22-16-8-3-9-17-22;2-1(3,4)5/h1-9,12-17H,10-11,18-19H2;2-5H/q;-1/p+1. The van der Waals surface area contributed by atoms with Crippen LogP contribution in [0.4, 0.5) is 0 Å². The van der Waals surface area contributed by atoms with Crippen molar-refractivity contribution in [3.05, 3.63) is 91.0 Å². The lowest BCUT2D eigenvalue weighted by Gasteiger charge is -2.27. The van der Waals surface area contributed by atoms with Crippen LogP contribution in [-0.4, -0.2) is 44.3 Å². The molecule has 6 nitrogen and oxygen atoms in total. The SMILES string of the molecule is O=C(O)CCCC[P+](c1ccccc1)(c1ccccc1)c1ccccc1.O[B-](O)(O)O. The van der Waals surface area contributed by atoms with Crippen molar-refractivity contribution < 1.29 is 30.0 Å². The highest BCUT2D eigenvalue weighted by molar-refractivity contribution is 7.95. The minimum Gasteiger partial charge on any atom is -0.534 e. The van der Waals surface area contributed by atoms with E-state index in [4.69, 9.17) is 25.2 Å². The smallest absolute Gasteiger partial charge is 0.521 e. The molecule has 3 aromatic carbocycles. The van der Waals surface area contributed by atoms with E-state index >= 15 is 0 Å². The maximum Gasteiger partial charge on any atom is 0.521 e. The zero-order chi connectivity index (χ0) is 22.7. The number of hydrogen-bond donors (Lipinski definition) is 5. The first kappa shape index (κ1) is 24.7. The first-order chi connectivity index (χ1) is 14.7. The van der Waals surface area contributed by atoms with E-state index in [-0.39, 0.29) is 6.42 Å². The van der Waals surface area contributed by atoms with E-state index in [0.717, 1.165) is 12.6 Å². The molecule has 164 valence electrons. The summed E-state index contributed by atoms with van der Waals surface area (Å²) in [5.74, 6) is -0.715. The first-order valence-electron chi connectivity index (χ1n) is 10.0. The largest absolute Gasteiger partial charge is 0.534 e. The molecule has 0 saturated carbocycles. The van der Waals surface area contributed by atoms with Crippen LogP contribution in [-0.2, 0) is 4.79 Å². The van der Waals surface area contributed by atoms with Gasteiger partial charge in [0.1, 0.15) is 23.2 Å². The van der Waals surface area contributed by atoms with Crippen molar-refractivity contribution in [1.29, 1.82) is 0 Å². The minimum absolute atomic E-state index is 0.234. The number of aliphatic carboxylic acids is 1. The van der Waals surface area contributed by atoms with Gasteiger partial charge in [-0.1, -0.05) is 54.6 Å². The van der Waals surface area contributed by atoms with Gasteiger partial charge in [0.2, 0.25) is 0 Å². The van der Waals surface area contributed by atoms with Crippen LogP contribution >= 0.6 is 7.26 Å². The Balaban J connectivity index is 0.000000614. The molecule has 0 radical (unpaired) electrons. The van der Waals surface area contributed by atoms with Crippen LogP contribution in [0.3, 0.4) is 0 Å². The molecular weight excluding hydrogens is 414 g/mol. The van der Waals surface area contributed by atoms with E-state index in [9.17, 15) is 4.79 Å². The van der Waals surface area contributed by atoms with E-state index in [0.29, 0.717) is 6.42 Å². The molecule has 8 heteroatoms. The lowest BCUT2D eigenvalue weighted by Crippen LogP contribution is -2.33. The summed E-state index contributed by atoms with van der Waals surface area (Å²) in [4.78, 5) is 10.9. The predicted molar refractivity (Wildman–Crippen MR) is 126 cm³/mol. The van der Waals surface area contributed by atoms with E-state index in [1.807, 2.05) is 0 Å². The molecule has 0 aliphatic heterocycles. The fraction of sp³-hybridized carbons (Fsp3) is 0.174. The van der Waals surface area contributed by atoms with Crippen LogP contribution in [0.5, 0.6) is 0 Å². The lowest BCUT2D eigenvalue weighted by atomic mass is 10.1. The summed E-state index contributed by atoms with van der Waals surface area (Å²) in [5.41, 5.74) is 0. The van der Waals surface area contributed by atoms with E-state index in [2.05, 4.69) is 91.0 Å². The summed E-state index contributed by atoms with van der Waals surface area (Å²) in [7, 11) is -1.81. The Morgan fingerprint density at radius 3 is 1.26 bits per heavy atom. The van der Waals surface area contributed by atoms with Crippen LogP contribution in [0.15, 0.2) is 91.0 Å². The molecule has 31 heavy (non-hydrogen) atoms. The zero-order valence-electron chi connectivity index (χ0n) is 17.2. The average Bonchev–Trinajstić information content (AvgIpc) is 2.75. The fourth-order valence-electron chi connectivity index (χ4n) is 3.51. The summed E-state index contributed by atoms with van der Waals surface area (Å²) in [6, 6.07) is 32.2. The van der Waals surface area contributed by atoms with Crippen molar-refractivity contribution >= 4 is 36.1 Å². The molecule has 0 aromatic heterocycles. The Labute approximate surface area is 182 Å². The van der Waals surface area contributed by atoms with Crippen LogP contribution in [0.1, 0.15) is 19.3 Å². The lowest BCUT2D eigenvalue weighted by molar-refractivity contribution is -0.137. The second-order valence-electron chi connectivity index (χ2n) is 7.08. The molecule has 3 rings (SSSR count). The van der Waals surface area contributed by atoms with Gasteiger partial charge in [-0.15, -0.1) is 0 Å². The van der Waals surface area contributed by atoms with Gasteiger partial charge in [-0.05, 0) is 49.2 Å². The number of hydrogen-bond acceptors (Lipinski definition) is 5. The normalized spacial score (nSPS) is 11.4. The predicted octanol–water partition coefficient (Wildman–Crippen LogP) is 1.63. The van der Waals surface area contributed by atoms with Crippen LogP contribution in [0.2, 0.25) is 0 Å². The summed E-state index contributed by atoms with van der Waals surface area (Å²) < 4.78 is 0. The van der Waals surface area contributed by atoms with Crippen molar-refractivity contribution in [2.45, 2.75) is 19.3 Å². The Kier molecular flexibility index (Phi) is 9.37. The molecule has 0 heterocycles. The molecule has 0 bridgehead atoms. The van der Waals surface area contributed by atoms with E-state index in [1.54, 1.807) is 0 Å². The summed E-state index contributed by atoms with van der Waals surface area (Å²) in [6.45, 7) is -4.00.